The normalized spacial score (nSPS) is 24.3. The molecule has 2 saturated heterocycles. The highest BCUT2D eigenvalue weighted by Gasteiger charge is 2.35. The van der Waals surface area contributed by atoms with Crippen molar-refractivity contribution in [1.82, 2.24) is 24.7 Å². The number of nitrogens with one attached hydrogen (secondary N) is 1. The second-order valence-corrected chi connectivity index (χ2v) is 5.22. The maximum Gasteiger partial charge on any atom is 0.257 e. The van der Waals surface area contributed by atoms with E-state index < -0.39 is 0 Å². The third-order valence-corrected chi connectivity index (χ3v) is 3.78. The average molecular weight is 288 g/mol. The van der Waals surface area contributed by atoms with Gasteiger partial charge in [0.2, 0.25) is 11.9 Å². The van der Waals surface area contributed by atoms with Crippen molar-refractivity contribution in [2.45, 2.75) is 25.0 Å². The van der Waals surface area contributed by atoms with E-state index in [1.807, 2.05) is 6.07 Å². The van der Waals surface area contributed by atoms with Gasteiger partial charge in [0.1, 0.15) is 0 Å². The highest BCUT2D eigenvalue weighted by molar-refractivity contribution is 5.40. The fraction of sp³-hybridized carbons (Fsp3) is 0.500. The number of rotatable bonds is 3. The largest absolute Gasteiger partial charge is 0.371 e. The Bertz CT molecular complexity index is 618. The summed E-state index contributed by atoms with van der Waals surface area (Å²) < 4.78 is 7.42. The molecule has 4 heterocycles. The third kappa shape index (κ3) is 2.30. The van der Waals surface area contributed by atoms with Crippen LogP contribution in [0, 0.1) is 0 Å². The molecule has 0 aliphatic carbocycles. The molecule has 2 aromatic heterocycles. The van der Waals surface area contributed by atoms with Crippen molar-refractivity contribution in [3.05, 3.63) is 18.5 Å². The monoisotopic (exact) mass is 288 g/mol. The lowest BCUT2D eigenvalue weighted by atomic mass is 10.2. The average Bonchev–Trinajstić information content (AvgIpc) is 3.16. The van der Waals surface area contributed by atoms with Crippen LogP contribution in [0.3, 0.4) is 0 Å². The molecule has 4 rings (SSSR count). The Morgan fingerprint density at radius 3 is 2.57 bits per heavy atom. The summed E-state index contributed by atoms with van der Waals surface area (Å²) >= 11 is 0. The number of nitrogens with two attached hydrogens (primary N) is 1. The SMILES string of the molecule is NNc1nc(N2CC3CCC(C2)O3)nc(-n2cccn2)n1. The first kappa shape index (κ1) is 12.5. The molecule has 110 valence electrons. The van der Waals surface area contributed by atoms with E-state index in [-0.39, 0.29) is 12.2 Å². The molecule has 2 bridgehead atoms. The number of aromatic nitrogens is 5. The molecule has 0 amide bonds. The van der Waals surface area contributed by atoms with Gasteiger partial charge in [0.15, 0.2) is 0 Å². The summed E-state index contributed by atoms with van der Waals surface area (Å²) in [5, 5.41) is 4.14. The van der Waals surface area contributed by atoms with Crippen molar-refractivity contribution >= 4 is 11.9 Å². The Balaban J connectivity index is 1.69. The zero-order valence-corrected chi connectivity index (χ0v) is 11.4. The van der Waals surface area contributed by atoms with Gasteiger partial charge in [0.05, 0.1) is 12.2 Å². The molecule has 0 radical (unpaired) electrons. The molecule has 0 spiro atoms. The number of anilines is 2. The Hall–Kier alpha value is -2.26. The summed E-state index contributed by atoms with van der Waals surface area (Å²) in [5.41, 5.74) is 2.49. The summed E-state index contributed by atoms with van der Waals surface area (Å²) in [6.45, 7) is 1.59. The van der Waals surface area contributed by atoms with Crippen molar-refractivity contribution in [2.24, 2.45) is 5.84 Å². The molecule has 9 heteroatoms. The summed E-state index contributed by atoms with van der Waals surface area (Å²) in [6, 6.07) is 1.81. The van der Waals surface area contributed by atoms with Crippen LogP contribution in [0.4, 0.5) is 11.9 Å². The molecule has 2 fully saturated rings. The van der Waals surface area contributed by atoms with Crippen LogP contribution in [0.25, 0.3) is 5.95 Å². The van der Waals surface area contributed by atoms with Crippen molar-refractivity contribution in [1.29, 1.82) is 0 Å². The Morgan fingerprint density at radius 1 is 1.14 bits per heavy atom. The zero-order valence-electron chi connectivity index (χ0n) is 11.4. The number of hydrogen-bond acceptors (Lipinski definition) is 8. The standard InChI is InChI=1S/C12H16N8O/c13-18-10-15-11(17-12(16-10)20-5-1-4-14-20)19-6-8-2-3-9(7-19)21-8/h1,4-5,8-9H,2-3,6-7,13H2,(H,15,16,17,18). The van der Waals surface area contributed by atoms with Crippen LogP contribution in [0.15, 0.2) is 18.5 Å². The molecule has 2 aromatic rings. The van der Waals surface area contributed by atoms with Gasteiger partial charge < -0.3 is 9.64 Å². The molecule has 21 heavy (non-hydrogen) atoms. The van der Waals surface area contributed by atoms with Gasteiger partial charge in [-0.1, -0.05) is 0 Å². The number of morpholine rings is 1. The van der Waals surface area contributed by atoms with Crippen LogP contribution < -0.4 is 16.2 Å². The number of fused-ring (bicyclic) bond motifs is 2. The minimum atomic E-state index is 0.267. The topological polar surface area (TPSA) is 107 Å². The maximum atomic E-state index is 5.84. The van der Waals surface area contributed by atoms with Gasteiger partial charge in [0.25, 0.3) is 5.95 Å². The van der Waals surface area contributed by atoms with Crippen LogP contribution in [0.2, 0.25) is 0 Å². The number of hydrogen-bond donors (Lipinski definition) is 2. The van der Waals surface area contributed by atoms with Crippen molar-refractivity contribution in [3.8, 4) is 5.95 Å². The second kappa shape index (κ2) is 4.93. The third-order valence-electron chi connectivity index (χ3n) is 3.78. The lowest BCUT2D eigenvalue weighted by Gasteiger charge is -2.32. The minimum absolute atomic E-state index is 0.267. The highest BCUT2D eigenvalue weighted by Crippen LogP contribution is 2.28. The summed E-state index contributed by atoms with van der Waals surface area (Å²) in [5.74, 6) is 6.83. The maximum absolute atomic E-state index is 5.84. The van der Waals surface area contributed by atoms with Crippen molar-refractivity contribution in [2.75, 3.05) is 23.4 Å². The van der Waals surface area contributed by atoms with E-state index in [9.17, 15) is 0 Å². The van der Waals surface area contributed by atoms with E-state index in [0.29, 0.717) is 17.8 Å². The van der Waals surface area contributed by atoms with E-state index >= 15 is 0 Å². The van der Waals surface area contributed by atoms with Gasteiger partial charge in [-0.3, -0.25) is 5.43 Å². The first-order chi connectivity index (χ1) is 10.3. The smallest absolute Gasteiger partial charge is 0.257 e. The summed E-state index contributed by atoms with van der Waals surface area (Å²) in [4.78, 5) is 15.2. The van der Waals surface area contributed by atoms with Gasteiger partial charge in [-0.2, -0.15) is 20.1 Å². The molecule has 9 nitrogen and oxygen atoms in total. The quantitative estimate of drug-likeness (QED) is 0.586. The van der Waals surface area contributed by atoms with Crippen LogP contribution in [-0.2, 0) is 4.74 Å². The molecule has 2 atom stereocenters. The van der Waals surface area contributed by atoms with Crippen LogP contribution in [-0.4, -0.2) is 50.0 Å². The van der Waals surface area contributed by atoms with E-state index in [2.05, 4.69) is 30.4 Å². The van der Waals surface area contributed by atoms with Gasteiger partial charge in [-0.25, -0.2) is 10.5 Å². The first-order valence-corrected chi connectivity index (χ1v) is 6.95. The molecule has 2 aliphatic rings. The van der Waals surface area contributed by atoms with Gasteiger partial charge in [0, 0.05) is 25.5 Å². The van der Waals surface area contributed by atoms with Crippen molar-refractivity contribution in [3.63, 3.8) is 0 Å². The molecule has 2 aliphatic heterocycles. The zero-order chi connectivity index (χ0) is 14.2. The predicted octanol–water partition coefficient (Wildman–Crippen LogP) is -0.290. The number of ether oxygens (including phenoxy) is 1. The number of nitrogen functional groups attached to an aromatic ring is 1. The second-order valence-electron chi connectivity index (χ2n) is 5.22. The molecule has 0 aromatic carbocycles. The predicted molar refractivity (Wildman–Crippen MR) is 74.9 cm³/mol. The molecular formula is C12H16N8O. The Labute approximate surface area is 121 Å². The lowest BCUT2D eigenvalue weighted by molar-refractivity contribution is 0.0299. The molecule has 3 N–H and O–H groups in total. The fourth-order valence-corrected chi connectivity index (χ4v) is 2.83. The van der Waals surface area contributed by atoms with Crippen LogP contribution >= 0.6 is 0 Å². The van der Waals surface area contributed by atoms with Gasteiger partial charge in [-0.05, 0) is 18.9 Å². The van der Waals surface area contributed by atoms with Crippen LogP contribution in [0.1, 0.15) is 12.8 Å². The Kier molecular flexibility index (Phi) is 2.93. The molecule has 0 saturated carbocycles. The van der Waals surface area contributed by atoms with Gasteiger partial charge in [-0.15, -0.1) is 0 Å². The lowest BCUT2D eigenvalue weighted by Crippen LogP contribution is -2.43. The van der Waals surface area contributed by atoms with E-state index in [0.717, 1.165) is 25.9 Å². The fourth-order valence-electron chi connectivity index (χ4n) is 2.83. The molecular weight excluding hydrogens is 272 g/mol. The number of nitrogens with zero attached hydrogens (tertiary/aromatic N) is 6. The first-order valence-electron chi connectivity index (χ1n) is 6.95. The van der Waals surface area contributed by atoms with E-state index in [1.54, 1.807) is 17.1 Å². The molecule has 2 unspecified atom stereocenters. The van der Waals surface area contributed by atoms with E-state index in [1.165, 1.54) is 0 Å². The highest BCUT2D eigenvalue weighted by atomic mass is 16.5. The summed E-state index contributed by atoms with van der Waals surface area (Å²) in [7, 11) is 0. The van der Waals surface area contributed by atoms with Crippen molar-refractivity contribution < 1.29 is 4.74 Å². The number of hydrazine groups is 1. The van der Waals surface area contributed by atoms with E-state index in [4.69, 9.17) is 10.6 Å². The Morgan fingerprint density at radius 2 is 1.90 bits per heavy atom. The minimum Gasteiger partial charge on any atom is -0.371 e. The summed E-state index contributed by atoms with van der Waals surface area (Å²) in [6.07, 6.45) is 6.18. The van der Waals surface area contributed by atoms with Gasteiger partial charge >= 0.3 is 0 Å². The van der Waals surface area contributed by atoms with Crippen LogP contribution in [0.5, 0.6) is 0 Å².